The number of hydrogen-bond acceptors (Lipinski definition) is 5. The van der Waals surface area contributed by atoms with Crippen LogP contribution >= 0.6 is 11.3 Å². The number of aliphatic hydroxyl groups is 1. The van der Waals surface area contributed by atoms with Crippen LogP contribution in [-0.2, 0) is 13.0 Å². The second kappa shape index (κ2) is 6.37. The molecule has 3 heterocycles. The molecule has 0 aromatic carbocycles. The summed E-state index contributed by atoms with van der Waals surface area (Å²) in [7, 11) is 0. The Morgan fingerprint density at radius 2 is 2.18 bits per heavy atom. The average molecular weight is 314 g/mol. The van der Waals surface area contributed by atoms with E-state index >= 15 is 0 Å². The first-order valence-corrected chi connectivity index (χ1v) is 8.06. The van der Waals surface area contributed by atoms with Gasteiger partial charge in [-0.3, -0.25) is 4.98 Å². The fourth-order valence-corrected chi connectivity index (χ4v) is 2.96. The van der Waals surface area contributed by atoms with Gasteiger partial charge >= 0.3 is 0 Å². The normalized spacial score (nSPS) is 11.0. The third-order valence-corrected chi connectivity index (χ3v) is 4.41. The van der Waals surface area contributed by atoms with Gasteiger partial charge in [0, 0.05) is 28.8 Å². The molecule has 0 unspecified atom stereocenters. The van der Waals surface area contributed by atoms with Gasteiger partial charge in [-0.1, -0.05) is 6.07 Å². The molecular weight excluding hydrogens is 296 g/mol. The monoisotopic (exact) mass is 314 g/mol. The van der Waals surface area contributed by atoms with Crippen LogP contribution in [0.2, 0.25) is 0 Å². The van der Waals surface area contributed by atoms with Crippen molar-refractivity contribution in [3.63, 3.8) is 0 Å². The Kier molecular flexibility index (Phi) is 4.31. The van der Waals surface area contributed by atoms with Crippen molar-refractivity contribution in [2.24, 2.45) is 0 Å². The Bertz CT molecular complexity index is 765. The lowest BCUT2D eigenvalue weighted by molar-refractivity contribution is 0.270. The topological polar surface area (TPSA) is 63.8 Å². The first-order valence-electron chi connectivity index (χ1n) is 7.18. The maximum absolute atomic E-state index is 9.25. The van der Waals surface area contributed by atoms with Crippen molar-refractivity contribution in [3.8, 4) is 11.4 Å². The van der Waals surface area contributed by atoms with Crippen LogP contribution in [-0.4, -0.2) is 31.5 Å². The summed E-state index contributed by atoms with van der Waals surface area (Å²) in [5, 5.41) is 15.8. The van der Waals surface area contributed by atoms with Crippen LogP contribution in [0.3, 0.4) is 0 Å². The molecule has 6 heteroatoms. The van der Waals surface area contributed by atoms with E-state index in [9.17, 15) is 5.11 Å². The fourth-order valence-electron chi connectivity index (χ4n) is 2.26. The van der Waals surface area contributed by atoms with Crippen molar-refractivity contribution < 1.29 is 5.11 Å². The van der Waals surface area contributed by atoms with E-state index in [1.807, 2.05) is 31.5 Å². The molecule has 0 bridgehead atoms. The van der Waals surface area contributed by atoms with Crippen molar-refractivity contribution in [1.82, 2.24) is 19.7 Å². The molecule has 3 aromatic heterocycles. The number of thiophene rings is 1. The third kappa shape index (κ3) is 3.08. The van der Waals surface area contributed by atoms with Crippen LogP contribution in [0.1, 0.15) is 22.0 Å². The molecule has 1 N–H and O–H groups in total. The van der Waals surface area contributed by atoms with E-state index in [1.165, 1.54) is 4.88 Å². The summed E-state index contributed by atoms with van der Waals surface area (Å²) < 4.78 is 1.76. The lowest BCUT2D eigenvalue weighted by Crippen LogP contribution is -2.06. The Labute approximate surface area is 133 Å². The van der Waals surface area contributed by atoms with Crippen molar-refractivity contribution in [2.45, 2.75) is 26.8 Å². The van der Waals surface area contributed by atoms with Crippen molar-refractivity contribution in [1.29, 1.82) is 0 Å². The molecule has 0 atom stereocenters. The standard InChI is InChI=1S/C16H18N4OS/c1-11-8-13(10-17-12(11)2)16-18-15(19-20(16)5-6-21)9-14-4-3-7-22-14/h3-4,7-8,10,21H,5-6,9H2,1-2H3. The number of aromatic nitrogens is 4. The zero-order valence-electron chi connectivity index (χ0n) is 12.7. The first-order chi connectivity index (χ1) is 10.7. The Morgan fingerprint density at radius 1 is 1.32 bits per heavy atom. The molecule has 0 aliphatic carbocycles. The second-order valence-corrected chi connectivity index (χ2v) is 6.21. The van der Waals surface area contributed by atoms with Crippen molar-refractivity contribution in [3.05, 3.63) is 51.7 Å². The van der Waals surface area contributed by atoms with Gasteiger partial charge in [-0.15, -0.1) is 11.3 Å². The SMILES string of the molecule is Cc1cc(-c2nc(Cc3cccs3)nn2CCO)cnc1C. The van der Waals surface area contributed by atoms with Gasteiger partial charge in [0.1, 0.15) is 0 Å². The molecular formula is C16H18N4OS. The van der Waals surface area contributed by atoms with Crippen LogP contribution < -0.4 is 0 Å². The molecule has 114 valence electrons. The quantitative estimate of drug-likeness (QED) is 0.786. The molecule has 22 heavy (non-hydrogen) atoms. The first kappa shape index (κ1) is 14.9. The molecule has 0 aliphatic heterocycles. The fraction of sp³-hybridized carbons (Fsp3) is 0.312. The van der Waals surface area contributed by atoms with Crippen LogP contribution in [0, 0.1) is 13.8 Å². The van der Waals surface area contributed by atoms with Crippen molar-refractivity contribution >= 4 is 11.3 Å². The van der Waals surface area contributed by atoms with Gasteiger partial charge in [-0.2, -0.15) is 5.10 Å². The third-order valence-electron chi connectivity index (χ3n) is 3.54. The minimum Gasteiger partial charge on any atom is -0.394 e. The van der Waals surface area contributed by atoms with Crippen LogP contribution in [0.15, 0.2) is 29.8 Å². The molecule has 0 saturated carbocycles. The minimum absolute atomic E-state index is 0.0348. The van der Waals surface area contributed by atoms with Gasteiger partial charge in [0.2, 0.25) is 0 Å². The van der Waals surface area contributed by atoms with Crippen LogP contribution in [0.4, 0.5) is 0 Å². The average Bonchev–Trinajstić information content (AvgIpc) is 3.13. The summed E-state index contributed by atoms with van der Waals surface area (Å²) in [6, 6.07) is 6.17. The van der Waals surface area contributed by atoms with E-state index in [0.717, 1.165) is 28.5 Å². The molecule has 0 aliphatic rings. The number of pyridine rings is 1. The summed E-state index contributed by atoms with van der Waals surface area (Å²) in [6.07, 6.45) is 2.52. The number of nitrogens with zero attached hydrogens (tertiary/aromatic N) is 4. The van der Waals surface area contributed by atoms with Gasteiger partial charge in [-0.05, 0) is 36.9 Å². The summed E-state index contributed by atoms with van der Waals surface area (Å²) in [4.78, 5) is 10.3. The van der Waals surface area contributed by atoms with E-state index in [-0.39, 0.29) is 6.61 Å². The van der Waals surface area contributed by atoms with Gasteiger partial charge in [-0.25, -0.2) is 9.67 Å². The second-order valence-electron chi connectivity index (χ2n) is 5.18. The van der Waals surface area contributed by atoms with E-state index in [0.29, 0.717) is 13.0 Å². The zero-order valence-corrected chi connectivity index (χ0v) is 13.5. The lowest BCUT2D eigenvalue weighted by Gasteiger charge is -2.05. The largest absolute Gasteiger partial charge is 0.394 e. The molecule has 0 saturated heterocycles. The molecule has 0 spiro atoms. The Hall–Kier alpha value is -2.05. The van der Waals surface area contributed by atoms with Gasteiger partial charge in [0.05, 0.1) is 13.2 Å². The predicted octanol–water partition coefficient (Wildman–Crippen LogP) is 2.60. The summed E-state index contributed by atoms with van der Waals surface area (Å²) in [5.41, 5.74) is 3.06. The number of rotatable bonds is 5. The predicted molar refractivity (Wildman–Crippen MR) is 86.9 cm³/mol. The van der Waals surface area contributed by atoms with E-state index in [4.69, 9.17) is 0 Å². The summed E-state index contributed by atoms with van der Waals surface area (Å²) >= 11 is 1.70. The summed E-state index contributed by atoms with van der Waals surface area (Å²) in [6.45, 7) is 4.48. The summed E-state index contributed by atoms with van der Waals surface area (Å²) in [5.74, 6) is 1.53. The number of hydrogen-bond donors (Lipinski definition) is 1. The maximum Gasteiger partial charge on any atom is 0.160 e. The maximum atomic E-state index is 9.25. The molecule has 0 radical (unpaired) electrons. The van der Waals surface area contributed by atoms with Crippen LogP contribution in [0.25, 0.3) is 11.4 Å². The van der Waals surface area contributed by atoms with E-state index in [2.05, 4.69) is 27.2 Å². The number of aliphatic hydroxyl groups excluding tert-OH is 1. The molecule has 0 fully saturated rings. The van der Waals surface area contributed by atoms with E-state index in [1.54, 1.807) is 16.0 Å². The molecule has 3 rings (SSSR count). The molecule has 0 amide bonds. The highest BCUT2D eigenvalue weighted by atomic mass is 32.1. The molecule has 5 nitrogen and oxygen atoms in total. The molecule has 3 aromatic rings. The Morgan fingerprint density at radius 3 is 2.86 bits per heavy atom. The zero-order chi connectivity index (χ0) is 15.5. The smallest absolute Gasteiger partial charge is 0.160 e. The lowest BCUT2D eigenvalue weighted by atomic mass is 10.1. The van der Waals surface area contributed by atoms with Gasteiger partial charge in [0.15, 0.2) is 11.6 Å². The highest BCUT2D eigenvalue weighted by molar-refractivity contribution is 7.09. The van der Waals surface area contributed by atoms with Crippen molar-refractivity contribution in [2.75, 3.05) is 6.61 Å². The van der Waals surface area contributed by atoms with Gasteiger partial charge < -0.3 is 5.11 Å². The van der Waals surface area contributed by atoms with E-state index < -0.39 is 0 Å². The highest BCUT2D eigenvalue weighted by Gasteiger charge is 2.13. The Balaban J connectivity index is 1.97. The minimum atomic E-state index is 0.0348. The highest BCUT2D eigenvalue weighted by Crippen LogP contribution is 2.21. The van der Waals surface area contributed by atoms with Crippen LogP contribution in [0.5, 0.6) is 0 Å². The van der Waals surface area contributed by atoms with Gasteiger partial charge in [0.25, 0.3) is 0 Å². The number of aryl methyl sites for hydroxylation is 2.